The van der Waals surface area contributed by atoms with E-state index in [4.69, 9.17) is 25.4 Å². The number of fused-ring (bicyclic) bond motifs is 2. The Bertz CT molecular complexity index is 2200. The molecule has 2 aromatic carbocycles. The van der Waals surface area contributed by atoms with Crippen LogP contribution in [0.4, 0.5) is 0 Å². The molecule has 224 valence electrons. The Balaban J connectivity index is 0.989. The summed E-state index contributed by atoms with van der Waals surface area (Å²) in [5.74, 6) is 0.470. The van der Waals surface area contributed by atoms with Crippen molar-refractivity contribution in [3.05, 3.63) is 106 Å². The highest BCUT2D eigenvalue weighted by molar-refractivity contribution is 6.31. The first-order valence-electron chi connectivity index (χ1n) is 14.6. The van der Waals surface area contributed by atoms with Gasteiger partial charge in [0.2, 0.25) is 0 Å². The molecule has 4 aromatic heterocycles. The lowest BCUT2D eigenvalue weighted by Gasteiger charge is -2.16. The number of hydrogen-bond donors (Lipinski definition) is 4. The minimum Gasteiger partial charge on any atom is -0.449 e. The Labute approximate surface area is 261 Å². The fraction of sp³-hybridized carbons (Fsp3) is 0.242. The van der Waals surface area contributed by atoms with E-state index >= 15 is 0 Å². The van der Waals surface area contributed by atoms with Crippen LogP contribution in [0.1, 0.15) is 69.0 Å². The summed E-state index contributed by atoms with van der Waals surface area (Å²) in [4.78, 5) is 42.3. The van der Waals surface area contributed by atoms with Crippen molar-refractivity contribution in [2.24, 2.45) is 5.92 Å². The van der Waals surface area contributed by atoms with Crippen LogP contribution in [-0.4, -0.2) is 31.8 Å². The molecule has 0 aliphatic heterocycles. The van der Waals surface area contributed by atoms with Crippen molar-refractivity contribution < 1.29 is 18.4 Å². The van der Waals surface area contributed by atoms with E-state index in [9.17, 15) is 14.9 Å². The Morgan fingerprint density at radius 1 is 0.956 bits per heavy atom. The third kappa shape index (κ3) is 4.74. The lowest BCUT2D eigenvalue weighted by molar-refractivity contribution is 0.0914. The van der Waals surface area contributed by atoms with Gasteiger partial charge in [0.15, 0.2) is 11.8 Å². The van der Waals surface area contributed by atoms with E-state index in [1.165, 1.54) is 0 Å². The molecule has 11 nitrogen and oxygen atoms in total. The van der Waals surface area contributed by atoms with Crippen LogP contribution in [0.15, 0.2) is 69.9 Å². The summed E-state index contributed by atoms with van der Waals surface area (Å²) < 4.78 is 11.4. The average Bonchev–Trinajstić information content (AvgIpc) is 3.54. The molecule has 4 N–H and O–H groups in total. The Morgan fingerprint density at radius 2 is 1.64 bits per heavy atom. The third-order valence-corrected chi connectivity index (χ3v) is 9.14. The van der Waals surface area contributed by atoms with E-state index in [1.807, 2.05) is 12.1 Å². The topological polar surface area (TPSA) is 166 Å². The number of carbonyl (C=O) groups excluding carboxylic acids is 2. The molecule has 6 aromatic rings. The molecule has 2 saturated carbocycles. The molecule has 2 unspecified atom stereocenters. The maximum Gasteiger partial charge on any atom is 0.268 e. The predicted octanol–water partition coefficient (Wildman–Crippen LogP) is 5.77. The molecule has 0 spiro atoms. The number of carbonyl (C=O) groups is 2. The summed E-state index contributed by atoms with van der Waals surface area (Å²) in [5.41, 5.74) is 2.92. The van der Waals surface area contributed by atoms with Crippen LogP contribution in [-0.2, 0) is 17.5 Å². The minimum absolute atomic E-state index is 0.0364. The standard InChI is InChI=1S/C33H26ClN7O4/c1-17-36-28(16-44-17)33(41-31(43)26-11-20-9-22(34)3-5-24(20)38-26)13-21(33)12-29-39-27(15-45-29)32(6-7-32)40-30(42)25-10-19-8-18(14-35)2-4-23(19)37-25/h2-5,8-11,15-16,21,37-38H,6-7,12-13H2,1H3,(H,40,42)(H,41,43). The van der Waals surface area contributed by atoms with Crippen LogP contribution in [0.2, 0.25) is 5.02 Å². The number of amides is 2. The van der Waals surface area contributed by atoms with Gasteiger partial charge in [-0.15, -0.1) is 0 Å². The maximum atomic E-state index is 13.5. The summed E-state index contributed by atoms with van der Waals surface area (Å²) >= 11 is 6.13. The summed E-state index contributed by atoms with van der Waals surface area (Å²) in [6.07, 6.45) is 5.75. The molecule has 0 bridgehead atoms. The van der Waals surface area contributed by atoms with Crippen molar-refractivity contribution in [1.29, 1.82) is 5.26 Å². The van der Waals surface area contributed by atoms with Crippen molar-refractivity contribution >= 4 is 45.2 Å². The lowest BCUT2D eigenvalue weighted by atomic mass is 10.1. The van der Waals surface area contributed by atoms with Crippen LogP contribution in [0.5, 0.6) is 0 Å². The quantitative estimate of drug-likeness (QED) is 0.168. The average molecular weight is 620 g/mol. The highest BCUT2D eigenvalue weighted by Gasteiger charge is 2.59. The Kier molecular flexibility index (Phi) is 5.95. The summed E-state index contributed by atoms with van der Waals surface area (Å²) in [6.45, 7) is 1.76. The molecule has 2 aliphatic carbocycles. The van der Waals surface area contributed by atoms with Gasteiger partial charge in [-0.25, -0.2) is 9.97 Å². The molecule has 2 aliphatic rings. The first-order chi connectivity index (χ1) is 21.7. The van der Waals surface area contributed by atoms with Gasteiger partial charge >= 0.3 is 0 Å². The number of hydrogen-bond acceptors (Lipinski definition) is 7. The van der Waals surface area contributed by atoms with E-state index < -0.39 is 11.1 Å². The summed E-state index contributed by atoms with van der Waals surface area (Å²) in [5, 5.41) is 17.7. The number of nitrogens with one attached hydrogen (secondary N) is 4. The van der Waals surface area contributed by atoms with Crippen LogP contribution < -0.4 is 10.6 Å². The highest BCUT2D eigenvalue weighted by atomic mass is 35.5. The summed E-state index contributed by atoms with van der Waals surface area (Å²) in [7, 11) is 0. The zero-order valence-electron chi connectivity index (χ0n) is 24.0. The van der Waals surface area contributed by atoms with Crippen molar-refractivity contribution in [2.75, 3.05) is 0 Å². The van der Waals surface area contributed by atoms with Gasteiger partial charge in [-0.1, -0.05) is 11.6 Å². The number of halogens is 1. The van der Waals surface area contributed by atoms with Crippen LogP contribution in [0.25, 0.3) is 21.8 Å². The van der Waals surface area contributed by atoms with Crippen molar-refractivity contribution in [1.82, 2.24) is 30.6 Å². The number of nitriles is 1. The fourth-order valence-corrected chi connectivity index (χ4v) is 6.37. The zero-order chi connectivity index (χ0) is 30.9. The van der Waals surface area contributed by atoms with Crippen molar-refractivity contribution in [3.63, 3.8) is 0 Å². The normalized spacial score (nSPS) is 19.8. The van der Waals surface area contributed by atoms with Crippen LogP contribution in [0.3, 0.4) is 0 Å². The molecule has 4 heterocycles. The van der Waals surface area contributed by atoms with Crippen LogP contribution >= 0.6 is 11.6 Å². The lowest BCUT2D eigenvalue weighted by Crippen LogP contribution is -2.37. The van der Waals surface area contributed by atoms with Gasteiger partial charge in [0, 0.05) is 40.2 Å². The number of H-pyrrole nitrogens is 2. The number of aromatic amines is 2. The molecule has 0 saturated heterocycles. The van der Waals surface area contributed by atoms with Gasteiger partial charge < -0.3 is 29.4 Å². The predicted molar refractivity (Wildman–Crippen MR) is 163 cm³/mol. The molecule has 2 atom stereocenters. The summed E-state index contributed by atoms with van der Waals surface area (Å²) in [6, 6.07) is 16.3. The minimum atomic E-state index is -0.745. The molecule has 12 heteroatoms. The van der Waals surface area contributed by atoms with Gasteiger partial charge in [0.1, 0.15) is 35.3 Å². The van der Waals surface area contributed by atoms with Gasteiger partial charge in [-0.3, -0.25) is 9.59 Å². The van der Waals surface area contributed by atoms with E-state index in [0.717, 1.165) is 34.6 Å². The second-order valence-corrected chi connectivity index (χ2v) is 12.4. The van der Waals surface area contributed by atoms with E-state index in [2.05, 4.69) is 31.7 Å². The fourth-order valence-electron chi connectivity index (χ4n) is 6.19. The highest BCUT2D eigenvalue weighted by Crippen LogP contribution is 2.54. The van der Waals surface area contributed by atoms with Gasteiger partial charge in [-0.2, -0.15) is 5.26 Å². The van der Waals surface area contributed by atoms with E-state index in [0.29, 0.717) is 58.0 Å². The number of oxazole rings is 2. The number of nitrogens with zero attached hydrogens (tertiary/aromatic N) is 3. The number of benzene rings is 2. The zero-order valence-corrected chi connectivity index (χ0v) is 24.8. The monoisotopic (exact) mass is 619 g/mol. The van der Waals surface area contributed by atoms with Crippen LogP contribution in [0, 0.1) is 24.2 Å². The van der Waals surface area contributed by atoms with Gasteiger partial charge in [0.05, 0.1) is 22.7 Å². The Hall–Kier alpha value is -5.34. The molecule has 2 fully saturated rings. The van der Waals surface area contributed by atoms with Gasteiger partial charge in [-0.05, 0) is 73.7 Å². The molecule has 8 rings (SSSR count). The molecule has 2 amide bonds. The Morgan fingerprint density at radius 3 is 2.33 bits per heavy atom. The second-order valence-electron chi connectivity index (χ2n) is 12.0. The SMILES string of the molecule is Cc1nc(C2(NC(=O)c3cc4cc(Cl)ccc4[nH]3)CC2Cc2nc(C3(NC(=O)c4cc5cc(C#N)ccc5[nH]4)CC3)co2)co1. The van der Waals surface area contributed by atoms with Crippen molar-refractivity contribution in [2.45, 2.75) is 43.7 Å². The second kappa shape index (κ2) is 9.84. The van der Waals surface area contributed by atoms with E-state index in [1.54, 1.807) is 55.8 Å². The molecule has 0 radical (unpaired) electrons. The molecular weight excluding hydrogens is 594 g/mol. The maximum absolute atomic E-state index is 13.5. The molecule has 45 heavy (non-hydrogen) atoms. The first-order valence-corrected chi connectivity index (χ1v) is 15.0. The largest absolute Gasteiger partial charge is 0.449 e. The van der Waals surface area contributed by atoms with E-state index in [-0.39, 0.29) is 17.7 Å². The first kappa shape index (κ1) is 27.2. The van der Waals surface area contributed by atoms with Gasteiger partial charge in [0.25, 0.3) is 11.8 Å². The third-order valence-electron chi connectivity index (χ3n) is 8.91. The smallest absolute Gasteiger partial charge is 0.268 e. The molecular formula is C33H26ClN7O4. The van der Waals surface area contributed by atoms with Crippen molar-refractivity contribution in [3.8, 4) is 6.07 Å². The number of rotatable bonds is 8. The number of aromatic nitrogens is 4. The number of aryl methyl sites for hydroxylation is 1.